The van der Waals surface area contributed by atoms with Crippen molar-refractivity contribution in [1.29, 1.82) is 0 Å². The molecule has 5 heteroatoms. The highest BCUT2D eigenvalue weighted by Crippen LogP contribution is 2.48. The summed E-state index contributed by atoms with van der Waals surface area (Å²) in [5.41, 5.74) is -0.234. The van der Waals surface area contributed by atoms with Crippen LogP contribution in [0.25, 0.3) is 10.8 Å². The Labute approximate surface area is 95.6 Å². The van der Waals surface area contributed by atoms with Crippen LogP contribution in [-0.2, 0) is 10.2 Å². The number of carboxylic acids is 1. The summed E-state index contributed by atoms with van der Waals surface area (Å²) >= 11 is 1.53. The Morgan fingerprint density at radius 3 is 2.94 bits per heavy atom. The monoisotopic (exact) mass is 235 g/mol. The van der Waals surface area contributed by atoms with Gasteiger partial charge in [-0.3, -0.25) is 4.79 Å². The van der Waals surface area contributed by atoms with Crippen molar-refractivity contribution in [3.05, 3.63) is 29.5 Å². The molecule has 1 aliphatic carbocycles. The molecule has 0 amide bonds. The number of carboxylic acid groups (broad SMARTS) is 1. The smallest absolute Gasteiger partial charge is 0.315 e. The first-order valence-electron chi connectivity index (χ1n) is 4.96. The first-order valence-corrected chi connectivity index (χ1v) is 5.84. The normalized spacial score (nSPS) is 17.2. The summed E-state index contributed by atoms with van der Waals surface area (Å²) in [4.78, 5) is 16.3. The molecule has 4 nitrogen and oxygen atoms in total. The fourth-order valence-electron chi connectivity index (χ4n) is 1.71. The van der Waals surface area contributed by atoms with Crippen LogP contribution < -0.4 is 0 Å². The second-order valence-electron chi connectivity index (χ2n) is 3.90. The first kappa shape index (κ1) is 9.59. The van der Waals surface area contributed by atoms with Gasteiger partial charge in [0.2, 0.25) is 5.89 Å². The summed E-state index contributed by atoms with van der Waals surface area (Å²) in [7, 11) is 0. The van der Waals surface area contributed by atoms with Gasteiger partial charge in [-0.1, -0.05) is 6.07 Å². The van der Waals surface area contributed by atoms with E-state index in [-0.39, 0.29) is 0 Å². The number of nitrogens with zero attached hydrogens (tertiary/aromatic N) is 1. The van der Waals surface area contributed by atoms with Crippen molar-refractivity contribution in [3.8, 4) is 10.8 Å². The molecular weight excluding hydrogens is 226 g/mol. The lowest BCUT2D eigenvalue weighted by molar-refractivity contribution is -0.140. The molecule has 0 unspecified atom stereocenters. The second-order valence-corrected chi connectivity index (χ2v) is 4.85. The van der Waals surface area contributed by atoms with Crippen LogP contribution >= 0.6 is 11.3 Å². The number of oxazole rings is 1. The van der Waals surface area contributed by atoms with Crippen molar-refractivity contribution < 1.29 is 14.3 Å². The van der Waals surface area contributed by atoms with Gasteiger partial charge in [0.25, 0.3) is 0 Å². The molecule has 0 aliphatic heterocycles. The van der Waals surface area contributed by atoms with E-state index in [1.54, 1.807) is 0 Å². The Morgan fingerprint density at radius 1 is 1.56 bits per heavy atom. The Hall–Kier alpha value is -1.62. The molecule has 0 atom stereocenters. The van der Waals surface area contributed by atoms with Gasteiger partial charge in [-0.05, 0) is 24.3 Å². The quantitative estimate of drug-likeness (QED) is 0.887. The van der Waals surface area contributed by atoms with E-state index in [2.05, 4.69) is 4.98 Å². The van der Waals surface area contributed by atoms with Gasteiger partial charge in [0.15, 0.2) is 0 Å². The zero-order chi connectivity index (χ0) is 11.2. The maximum Gasteiger partial charge on any atom is 0.315 e. The molecule has 1 aliphatic rings. The molecule has 0 saturated heterocycles. The van der Waals surface area contributed by atoms with E-state index < -0.39 is 11.4 Å². The van der Waals surface area contributed by atoms with Crippen molar-refractivity contribution >= 4 is 17.3 Å². The van der Waals surface area contributed by atoms with Gasteiger partial charge in [0.05, 0.1) is 10.6 Å². The largest absolute Gasteiger partial charge is 0.481 e. The number of carbonyl (C=O) groups is 1. The standard InChI is InChI=1S/C11H9NO3S/c13-10(14)11(3-4-11)8-6-15-9(12-8)7-2-1-5-16-7/h1-2,5-6H,3-4H2,(H,13,14). The number of aliphatic carboxylic acids is 1. The Bertz CT molecular complexity index is 525. The second kappa shape index (κ2) is 3.18. The molecule has 0 spiro atoms. The van der Waals surface area contributed by atoms with Crippen LogP contribution in [0, 0.1) is 0 Å². The van der Waals surface area contributed by atoms with Crippen molar-refractivity contribution in [2.75, 3.05) is 0 Å². The van der Waals surface area contributed by atoms with Crippen LogP contribution in [0.4, 0.5) is 0 Å². The van der Waals surface area contributed by atoms with Crippen LogP contribution in [0.3, 0.4) is 0 Å². The minimum Gasteiger partial charge on any atom is -0.481 e. The van der Waals surface area contributed by atoms with Gasteiger partial charge >= 0.3 is 5.97 Å². The minimum atomic E-state index is -0.807. The summed E-state index contributed by atoms with van der Waals surface area (Å²) in [5, 5.41) is 11.1. The third-order valence-corrected chi connectivity index (χ3v) is 3.74. The molecule has 2 heterocycles. The molecule has 0 aromatic carbocycles. The van der Waals surface area contributed by atoms with E-state index in [1.165, 1.54) is 17.6 Å². The molecule has 2 aromatic rings. The highest BCUT2D eigenvalue weighted by atomic mass is 32.1. The van der Waals surface area contributed by atoms with Crippen LogP contribution in [0.5, 0.6) is 0 Å². The third-order valence-electron chi connectivity index (χ3n) is 2.89. The van der Waals surface area contributed by atoms with Gasteiger partial charge in [-0.15, -0.1) is 11.3 Å². The zero-order valence-corrected chi connectivity index (χ0v) is 9.16. The van der Waals surface area contributed by atoms with Crippen LogP contribution in [-0.4, -0.2) is 16.1 Å². The summed E-state index contributed by atoms with van der Waals surface area (Å²) in [6.45, 7) is 0. The average Bonchev–Trinajstić information content (AvgIpc) is 2.75. The van der Waals surface area contributed by atoms with Gasteiger partial charge in [-0.25, -0.2) is 4.98 Å². The fourth-order valence-corrected chi connectivity index (χ4v) is 2.37. The first-order chi connectivity index (χ1) is 7.72. The van der Waals surface area contributed by atoms with Crippen LogP contribution in [0.2, 0.25) is 0 Å². The maximum atomic E-state index is 11.1. The van der Waals surface area contributed by atoms with Crippen molar-refractivity contribution in [1.82, 2.24) is 4.98 Å². The zero-order valence-electron chi connectivity index (χ0n) is 8.34. The van der Waals surface area contributed by atoms with Crippen molar-refractivity contribution in [3.63, 3.8) is 0 Å². The lowest BCUT2D eigenvalue weighted by atomic mass is 10.0. The van der Waals surface area contributed by atoms with Gasteiger partial charge in [0, 0.05) is 0 Å². The summed E-state index contributed by atoms with van der Waals surface area (Å²) in [6, 6.07) is 3.81. The lowest BCUT2D eigenvalue weighted by Gasteiger charge is -2.02. The molecule has 1 N–H and O–H groups in total. The number of hydrogen-bond acceptors (Lipinski definition) is 4. The Balaban J connectivity index is 1.98. The number of rotatable bonds is 3. The van der Waals surface area contributed by atoms with Crippen LogP contribution in [0.15, 0.2) is 28.2 Å². The summed E-state index contributed by atoms with van der Waals surface area (Å²) in [5.74, 6) is -0.295. The van der Waals surface area contributed by atoms with E-state index in [0.29, 0.717) is 24.4 Å². The van der Waals surface area contributed by atoms with Gasteiger partial charge in [-0.2, -0.15) is 0 Å². The van der Waals surface area contributed by atoms with E-state index >= 15 is 0 Å². The van der Waals surface area contributed by atoms with Crippen molar-refractivity contribution in [2.24, 2.45) is 0 Å². The third kappa shape index (κ3) is 1.28. The van der Waals surface area contributed by atoms with Crippen molar-refractivity contribution in [2.45, 2.75) is 18.3 Å². The predicted octanol–water partition coefficient (Wildman–Crippen LogP) is 2.52. The van der Waals surface area contributed by atoms with E-state index in [4.69, 9.17) is 9.52 Å². The molecule has 0 radical (unpaired) electrons. The fraction of sp³-hybridized carbons (Fsp3) is 0.273. The molecule has 16 heavy (non-hydrogen) atoms. The molecule has 0 bridgehead atoms. The van der Waals surface area contributed by atoms with Gasteiger partial charge in [0.1, 0.15) is 11.7 Å². The number of aromatic nitrogens is 1. The Kier molecular flexibility index (Phi) is 1.91. The average molecular weight is 235 g/mol. The van der Waals surface area contributed by atoms with E-state index in [1.807, 2.05) is 17.5 Å². The molecule has 3 rings (SSSR count). The molecule has 1 fully saturated rings. The highest BCUT2D eigenvalue weighted by Gasteiger charge is 2.54. The van der Waals surface area contributed by atoms with E-state index in [0.717, 1.165) is 4.88 Å². The van der Waals surface area contributed by atoms with E-state index in [9.17, 15) is 4.79 Å². The Morgan fingerprint density at radius 2 is 2.38 bits per heavy atom. The molecular formula is C11H9NO3S. The lowest BCUT2D eigenvalue weighted by Crippen LogP contribution is -2.19. The minimum absolute atomic E-state index is 0.512. The molecule has 1 saturated carbocycles. The highest BCUT2D eigenvalue weighted by molar-refractivity contribution is 7.13. The SMILES string of the molecule is O=C(O)C1(c2coc(-c3cccs3)n2)CC1. The van der Waals surface area contributed by atoms with Gasteiger partial charge < -0.3 is 9.52 Å². The predicted molar refractivity (Wildman–Crippen MR) is 58.4 cm³/mol. The molecule has 82 valence electrons. The van der Waals surface area contributed by atoms with Crippen LogP contribution in [0.1, 0.15) is 18.5 Å². The number of thiophene rings is 1. The number of hydrogen-bond donors (Lipinski definition) is 1. The molecule has 2 aromatic heterocycles. The summed E-state index contributed by atoms with van der Waals surface area (Å²) < 4.78 is 5.32. The topological polar surface area (TPSA) is 63.3 Å². The summed E-state index contributed by atoms with van der Waals surface area (Å²) in [6.07, 6.45) is 2.77. The maximum absolute atomic E-state index is 11.1.